The molecule has 1 aromatic heterocycles. The largest absolute Gasteiger partial charge is 0.339 e. The van der Waals surface area contributed by atoms with Gasteiger partial charge in [0.25, 0.3) is 5.91 Å². The first-order chi connectivity index (χ1) is 12.0. The van der Waals surface area contributed by atoms with Crippen molar-refractivity contribution in [2.75, 3.05) is 6.54 Å². The number of aryl methyl sites for hydroxylation is 1. The number of nitrogens with zero attached hydrogens (tertiary/aromatic N) is 3. The Labute approximate surface area is 144 Å². The van der Waals surface area contributed by atoms with E-state index in [1.807, 2.05) is 0 Å². The van der Waals surface area contributed by atoms with Gasteiger partial charge in [0.15, 0.2) is 0 Å². The van der Waals surface area contributed by atoms with Gasteiger partial charge < -0.3 is 4.52 Å². The molecule has 7 heteroatoms. The summed E-state index contributed by atoms with van der Waals surface area (Å²) in [6.07, 6.45) is 3.28. The van der Waals surface area contributed by atoms with Crippen LogP contribution in [0.25, 0.3) is 17.0 Å². The van der Waals surface area contributed by atoms with Crippen molar-refractivity contribution >= 4 is 17.3 Å². The van der Waals surface area contributed by atoms with E-state index >= 15 is 0 Å². The van der Waals surface area contributed by atoms with Gasteiger partial charge in [-0.05, 0) is 26.0 Å². The third-order valence-electron chi connectivity index (χ3n) is 3.99. The maximum absolute atomic E-state index is 14.7. The van der Waals surface area contributed by atoms with Gasteiger partial charge in [0, 0.05) is 30.2 Å². The second-order valence-electron chi connectivity index (χ2n) is 5.53. The van der Waals surface area contributed by atoms with E-state index in [1.165, 1.54) is 17.0 Å². The van der Waals surface area contributed by atoms with E-state index in [2.05, 4.69) is 10.1 Å². The van der Waals surface area contributed by atoms with Crippen molar-refractivity contribution in [3.05, 3.63) is 53.2 Å². The fourth-order valence-corrected chi connectivity index (χ4v) is 2.69. The Morgan fingerprint density at radius 1 is 1.40 bits per heavy atom. The highest BCUT2D eigenvalue weighted by molar-refractivity contribution is 6.30. The molecule has 1 aliphatic heterocycles. The molecule has 0 atom stereocenters. The van der Waals surface area contributed by atoms with E-state index in [0.29, 0.717) is 23.6 Å². The summed E-state index contributed by atoms with van der Waals surface area (Å²) < 4.78 is 19.6. The SMILES string of the molecule is C/C=C1/C=C(c2ccc(-c3noc(C)n3)cc2F)C(=O)N(CC)C1=N. The Hall–Kier alpha value is -3.09. The highest BCUT2D eigenvalue weighted by Gasteiger charge is 2.29. The molecule has 0 saturated heterocycles. The molecular weight excluding hydrogens is 323 g/mol. The highest BCUT2D eigenvalue weighted by atomic mass is 19.1. The number of amidine groups is 1. The van der Waals surface area contributed by atoms with Gasteiger partial charge in [-0.25, -0.2) is 4.39 Å². The first-order valence-corrected chi connectivity index (χ1v) is 7.85. The van der Waals surface area contributed by atoms with Crippen LogP contribution in [0, 0.1) is 18.2 Å². The molecule has 2 heterocycles. The summed E-state index contributed by atoms with van der Waals surface area (Å²) >= 11 is 0. The minimum Gasteiger partial charge on any atom is -0.339 e. The van der Waals surface area contributed by atoms with E-state index in [-0.39, 0.29) is 28.7 Å². The monoisotopic (exact) mass is 340 g/mol. The van der Waals surface area contributed by atoms with E-state index in [4.69, 9.17) is 9.93 Å². The standard InChI is InChI=1S/C18H17FN4O2/c1-4-11-8-14(18(24)23(5-2)16(11)20)13-7-6-12(9-15(13)19)17-21-10(3)25-22-17/h4,6-9,20H,5H2,1-3H3/b11-4-,20-16?. The molecule has 0 aliphatic carbocycles. The molecule has 25 heavy (non-hydrogen) atoms. The average Bonchev–Trinajstić information content (AvgIpc) is 3.02. The predicted octanol–water partition coefficient (Wildman–Crippen LogP) is 3.35. The van der Waals surface area contributed by atoms with Crippen LogP contribution in [0.5, 0.6) is 0 Å². The normalized spacial score (nSPS) is 16.6. The summed E-state index contributed by atoms with van der Waals surface area (Å²) in [5, 5.41) is 11.8. The molecule has 0 unspecified atom stereocenters. The zero-order valence-electron chi connectivity index (χ0n) is 14.1. The lowest BCUT2D eigenvalue weighted by molar-refractivity contribution is -0.121. The number of aromatic nitrogens is 2. The maximum Gasteiger partial charge on any atom is 0.260 e. The summed E-state index contributed by atoms with van der Waals surface area (Å²) in [6.45, 7) is 5.55. The number of likely N-dealkylation sites (N-methyl/N-ethyl adjacent to an activating group) is 1. The van der Waals surface area contributed by atoms with Crippen LogP contribution in [0.3, 0.4) is 0 Å². The number of allylic oxidation sites excluding steroid dienone is 1. The van der Waals surface area contributed by atoms with Crippen LogP contribution in [-0.2, 0) is 4.79 Å². The van der Waals surface area contributed by atoms with Gasteiger partial charge in [-0.2, -0.15) is 4.98 Å². The van der Waals surface area contributed by atoms with Crippen molar-refractivity contribution in [3.8, 4) is 11.4 Å². The highest BCUT2D eigenvalue weighted by Crippen LogP contribution is 2.29. The third kappa shape index (κ3) is 2.88. The summed E-state index contributed by atoms with van der Waals surface area (Å²) in [5.74, 6) is -0.143. The van der Waals surface area contributed by atoms with Gasteiger partial charge >= 0.3 is 0 Å². The van der Waals surface area contributed by atoms with Crippen LogP contribution >= 0.6 is 0 Å². The average molecular weight is 340 g/mol. The Morgan fingerprint density at radius 2 is 2.16 bits per heavy atom. The number of nitrogens with one attached hydrogen (secondary N) is 1. The minimum atomic E-state index is -0.556. The van der Waals surface area contributed by atoms with Crippen molar-refractivity contribution in [2.24, 2.45) is 0 Å². The summed E-state index contributed by atoms with van der Waals surface area (Å²) in [7, 11) is 0. The van der Waals surface area contributed by atoms with E-state index in [0.717, 1.165) is 0 Å². The molecule has 1 amide bonds. The van der Waals surface area contributed by atoms with Gasteiger partial charge in [-0.15, -0.1) is 0 Å². The molecule has 0 saturated carbocycles. The third-order valence-corrected chi connectivity index (χ3v) is 3.99. The second kappa shape index (κ2) is 6.43. The minimum absolute atomic E-state index is 0.123. The number of carbonyl (C=O) groups excluding carboxylic acids is 1. The van der Waals surface area contributed by atoms with Crippen molar-refractivity contribution in [3.63, 3.8) is 0 Å². The first kappa shape index (κ1) is 16.8. The molecular formula is C18H17FN4O2. The van der Waals surface area contributed by atoms with Gasteiger partial charge in [-0.3, -0.25) is 15.1 Å². The number of rotatable bonds is 3. The molecule has 3 rings (SSSR count). The lowest BCUT2D eigenvalue weighted by atomic mass is 9.95. The number of hydrogen-bond acceptors (Lipinski definition) is 5. The Morgan fingerprint density at radius 3 is 2.72 bits per heavy atom. The Kier molecular flexibility index (Phi) is 4.31. The fraction of sp³-hybridized carbons (Fsp3) is 0.222. The van der Waals surface area contributed by atoms with Crippen LogP contribution in [0.4, 0.5) is 4.39 Å². The van der Waals surface area contributed by atoms with Crippen molar-refractivity contribution in [1.29, 1.82) is 5.41 Å². The number of carbonyl (C=O) groups is 1. The van der Waals surface area contributed by atoms with Crippen LogP contribution in [0.15, 0.2) is 40.4 Å². The molecule has 6 nitrogen and oxygen atoms in total. The second-order valence-corrected chi connectivity index (χ2v) is 5.53. The quantitative estimate of drug-likeness (QED) is 0.929. The van der Waals surface area contributed by atoms with Gasteiger partial charge in [0.05, 0.1) is 5.57 Å². The van der Waals surface area contributed by atoms with Crippen molar-refractivity contribution < 1.29 is 13.7 Å². The topological polar surface area (TPSA) is 83.1 Å². The number of benzene rings is 1. The van der Waals surface area contributed by atoms with E-state index in [9.17, 15) is 9.18 Å². The van der Waals surface area contributed by atoms with Crippen LogP contribution in [-0.4, -0.2) is 33.3 Å². The number of hydrogen-bond donors (Lipinski definition) is 1. The fourth-order valence-electron chi connectivity index (χ4n) is 2.69. The smallest absolute Gasteiger partial charge is 0.260 e. The van der Waals surface area contributed by atoms with Crippen molar-refractivity contribution in [2.45, 2.75) is 20.8 Å². The lowest BCUT2D eigenvalue weighted by Gasteiger charge is -2.28. The molecule has 1 aromatic carbocycles. The number of halogens is 1. The Balaban J connectivity index is 2.06. The van der Waals surface area contributed by atoms with Gasteiger partial charge in [0.1, 0.15) is 11.7 Å². The molecule has 0 fully saturated rings. The molecule has 1 N–H and O–H groups in total. The Bertz CT molecular complexity index is 927. The summed E-state index contributed by atoms with van der Waals surface area (Å²) in [4.78, 5) is 18.0. The van der Waals surface area contributed by atoms with Gasteiger partial charge in [0.2, 0.25) is 11.7 Å². The maximum atomic E-state index is 14.7. The summed E-state index contributed by atoms with van der Waals surface area (Å²) in [5.41, 5.74) is 1.44. The molecule has 1 aliphatic rings. The zero-order valence-corrected chi connectivity index (χ0v) is 14.1. The predicted molar refractivity (Wildman–Crippen MR) is 91.3 cm³/mol. The van der Waals surface area contributed by atoms with Crippen molar-refractivity contribution in [1.82, 2.24) is 15.0 Å². The number of amides is 1. The molecule has 0 radical (unpaired) electrons. The zero-order chi connectivity index (χ0) is 18.1. The van der Waals surface area contributed by atoms with Crippen LogP contribution in [0.1, 0.15) is 25.3 Å². The molecule has 2 aromatic rings. The van der Waals surface area contributed by atoms with Gasteiger partial charge in [-0.1, -0.05) is 23.4 Å². The molecule has 0 bridgehead atoms. The lowest BCUT2D eigenvalue weighted by Crippen LogP contribution is -2.40. The van der Waals surface area contributed by atoms with E-state index in [1.54, 1.807) is 39.0 Å². The first-order valence-electron chi connectivity index (χ1n) is 7.85. The molecule has 0 spiro atoms. The van der Waals surface area contributed by atoms with Crippen LogP contribution < -0.4 is 0 Å². The van der Waals surface area contributed by atoms with Crippen LogP contribution in [0.2, 0.25) is 0 Å². The van der Waals surface area contributed by atoms with E-state index < -0.39 is 5.82 Å². The summed E-state index contributed by atoms with van der Waals surface area (Å²) in [6, 6.07) is 4.44. The molecule has 128 valence electrons.